The highest BCUT2D eigenvalue weighted by atomic mass is 16.5. The first kappa shape index (κ1) is 46.0. The molecule has 0 aromatic carbocycles. The molecule has 0 unspecified atom stereocenters. The van der Waals surface area contributed by atoms with E-state index in [1.807, 2.05) is 13.8 Å². The topological polar surface area (TPSA) is 241 Å². The summed E-state index contributed by atoms with van der Waals surface area (Å²) in [6.45, 7) is 9.35. The van der Waals surface area contributed by atoms with Gasteiger partial charge < -0.3 is 48.1 Å². The third-order valence-corrected chi connectivity index (χ3v) is 10.6. The summed E-state index contributed by atoms with van der Waals surface area (Å²) < 4.78 is 6.36. The summed E-state index contributed by atoms with van der Waals surface area (Å²) in [4.78, 5) is 83.8. The van der Waals surface area contributed by atoms with Gasteiger partial charge in [-0.3, -0.25) is 28.8 Å². The molecule has 1 saturated carbocycles. The van der Waals surface area contributed by atoms with Gasteiger partial charge in [-0.05, 0) is 50.9 Å². The Morgan fingerprint density at radius 3 is 2.09 bits per heavy atom. The number of ketones is 1. The molecule has 1 heterocycles. The first-order valence-corrected chi connectivity index (χ1v) is 19.9. The lowest BCUT2D eigenvalue weighted by atomic mass is 9.83. The number of unbranched alkanes of at least 4 members (excludes halogenated alkanes) is 3. The highest BCUT2D eigenvalue weighted by molar-refractivity contribution is 5.96. The molecule has 1 aliphatic carbocycles. The summed E-state index contributed by atoms with van der Waals surface area (Å²) in [5.74, 6) is -3.64. The molecule has 2 aliphatic rings. The number of nitrogens with one attached hydrogen (secondary N) is 4. The number of nitrogens with zero attached hydrogens (tertiary/aromatic N) is 1. The van der Waals surface area contributed by atoms with Crippen LogP contribution in [-0.2, 0) is 33.5 Å². The molecule has 53 heavy (non-hydrogen) atoms. The van der Waals surface area contributed by atoms with Gasteiger partial charge >= 0.3 is 0 Å². The molecule has 0 aromatic heterocycles. The third kappa shape index (κ3) is 14.9. The summed E-state index contributed by atoms with van der Waals surface area (Å²) in [6, 6.07) is -5.69. The summed E-state index contributed by atoms with van der Waals surface area (Å²) >= 11 is 0. The summed E-state index contributed by atoms with van der Waals surface area (Å²) in [7, 11) is 1.63. The van der Waals surface area contributed by atoms with E-state index in [1.54, 1.807) is 20.9 Å². The van der Waals surface area contributed by atoms with Crippen molar-refractivity contribution < 1.29 is 33.5 Å². The van der Waals surface area contributed by atoms with Crippen molar-refractivity contribution in [3.63, 3.8) is 0 Å². The van der Waals surface area contributed by atoms with Crippen LogP contribution in [0.1, 0.15) is 118 Å². The molecule has 15 nitrogen and oxygen atoms in total. The number of carbonyl (C=O) groups is 6. The number of hydrogen-bond donors (Lipinski definition) is 7. The number of Topliss-reactive ketones (excluding diaryl/α,β-unsaturated/α-hetero) is 1. The van der Waals surface area contributed by atoms with Crippen molar-refractivity contribution in [3.05, 3.63) is 0 Å². The molecule has 0 radical (unpaired) electrons. The lowest BCUT2D eigenvalue weighted by Gasteiger charge is -2.36. The molecule has 1 saturated heterocycles. The van der Waals surface area contributed by atoms with Crippen molar-refractivity contribution in [1.29, 1.82) is 0 Å². The molecular formula is C38H70N8O7. The van der Waals surface area contributed by atoms with Gasteiger partial charge in [-0.15, -0.1) is 0 Å². The average Bonchev–Trinajstić information content (AvgIpc) is 3.14. The Hall–Kier alpha value is -3.14. The third-order valence-electron chi connectivity index (χ3n) is 10.6. The van der Waals surface area contributed by atoms with Crippen LogP contribution in [0.5, 0.6) is 0 Å². The molecule has 8 atom stereocenters. The van der Waals surface area contributed by atoms with Crippen LogP contribution in [-0.4, -0.2) is 109 Å². The predicted octanol–water partition coefficient (Wildman–Crippen LogP) is 0.998. The van der Waals surface area contributed by atoms with Gasteiger partial charge in [-0.25, -0.2) is 0 Å². The average molecular weight is 751 g/mol. The number of rotatable bonds is 14. The van der Waals surface area contributed by atoms with Crippen LogP contribution < -0.4 is 38.5 Å². The largest absolute Gasteiger partial charge is 0.375 e. The lowest BCUT2D eigenvalue weighted by molar-refractivity contribution is -0.147. The van der Waals surface area contributed by atoms with E-state index in [-0.39, 0.29) is 56.1 Å². The fourth-order valence-corrected chi connectivity index (χ4v) is 7.18. The van der Waals surface area contributed by atoms with Crippen LogP contribution >= 0.6 is 0 Å². The van der Waals surface area contributed by atoms with E-state index in [1.165, 1.54) is 4.90 Å². The number of amides is 5. The Morgan fingerprint density at radius 2 is 1.49 bits per heavy atom. The van der Waals surface area contributed by atoms with Gasteiger partial charge in [0.15, 0.2) is 5.78 Å². The first-order valence-electron chi connectivity index (χ1n) is 19.9. The van der Waals surface area contributed by atoms with E-state index in [9.17, 15) is 28.8 Å². The second-order valence-corrected chi connectivity index (χ2v) is 15.6. The van der Waals surface area contributed by atoms with Crippen LogP contribution in [0.25, 0.3) is 0 Å². The number of nitrogens with two attached hydrogens (primary N) is 3. The maximum atomic E-state index is 14.2. The smallest absolute Gasteiger partial charge is 0.244 e. The fourth-order valence-electron chi connectivity index (χ4n) is 7.18. The molecule has 2 fully saturated rings. The van der Waals surface area contributed by atoms with E-state index in [2.05, 4.69) is 28.2 Å². The Bertz CT molecular complexity index is 1200. The maximum absolute atomic E-state index is 14.2. The minimum atomic E-state index is -1.24. The molecule has 2 rings (SSSR count). The second kappa shape index (κ2) is 23.6. The zero-order chi connectivity index (χ0) is 39.7. The van der Waals surface area contributed by atoms with E-state index in [4.69, 9.17) is 21.9 Å². The highest BCUT2D eigenvalue weighted by Gasteiger charge is 2.39. The van der Waals surface area contributed by atoms with Crippen molar-refractivity contribution in [2.24, 2.45) is 35.0 Å². The van der Waals surface area contributed by atoms with Crippen molar-refractivity contribution in [2.45, 2.75) is 160 Å². The molecule has 0 bridgehead atoms. The van der Waals surface area contributed by atoms with Gasteiger partial charge in [0.05, 0.1) is 24.7 Å². The van der Waals surface area contributed by atoms with Gasteiger partial charge in [0.25, 0.3) is 0 Å². The number of ether oxygens (including phenoxy) is 1. The van der Waals surface area contributed by atoms with Gasteiger partial charge in [0.1, 0.15) is 24.2 Å². The Labute approximate surface area is 316 Å². The quantitative estimate of drug-likeness (QED) is 0.124. The van der Waals surface area contributed by atoms with Crippen LogP contribution in [0, 0.1) is 17.8 Å². The van der Waals surface area contributed by atoms with Crippen molar-refractivity contribution in [2.75, 3.05) is 26.7 Å². The molecule has 5 amide bonds. The molecule has 0 spiro atoms. The summed E-state index contributed by atoms with van der Waals surface area (Å²) in [6.07, 6.45) is 8.39. The van der Waals surface area contributed by atoms with E-state index in [0.29, 0.717) is 25.7 Å². The molecular weight excluding hydrogens is 680 g/mol. The van der Waals surface area contributed by atoms with Gasteiger partial charge in [0.2, 0.25) is 29.5 Å². The normalized spacial score (nSPS) is 28.6. The molecule has 0 aromatic rings. The molecule has 1 aliphatic heterocycles. The summed E-state index contributed by atoms with van der Waals surface area (Å²) in [5.41, 5.74) is 17.4. The van der Waals surface area contributed by atoms with Crippen molar-refractivity contribution >= 4 is 35.3 Å². The Morgan fingerprint density at radius 1 is 0.849 bits per heavy atom. The summed E-state index contributed by atoms with van der Waals surface area (Å²) in [5, 5.41) is 11.3. The van der Waals surface area contributed by atoms with Crippen LogP contribution in [0.15, 0.2) is 0 Å². The van der Waals surface area contributed by atoms with E-state index < -0.39 is 71.9 Å². The van der Waals surface area contributed by atoms with Crippen LogP contribution in [0.2, 0.25) is 0 Å². The standard InChI is InChI=1S/C38H70N8O7/c1-7-8-9-13-16-32-25(5)38(52)46(6)30(19-23(2)3)36(50)45-33(26-14-11-10-12-15-26)37(51)44-29(21-40)35(49)43-28(17-18-31(47)27(41)20-39)34(48)42-24(4)22-53-32/h23-30,32-33H,7-22,39-41H2,1-6H3,(H,42,48)(H,43,49)(H,44,51)(H,45,50)/t24-,25-,27-,28+,29+,30+,32-,33+/m1/s1. The van der Waals surface area contributed by atoms with Crippen LogP contribution in [0.4, 0.5) is 0 Å². The zero-order valence-electron chi connectivity index (χ0n) is 33.1. The first-order chi connectivity index (χ1) is 25.1. The van der Waals surface area contributed by atoms with Crippen molar-refractivity contribution in [1.82, 2.24) is 26.2 Å². The molecule has 10 N–H and O–H groups in total. The molecule has 15 heteroatoms. The lowest BCUT2D eigenvalue weighted by Crippen LogP contribution is -2.61. The highest BCUT2D eigenvalue weighted by Crippen LogP contribution is 2.28. The SMILES string of the molecule is CCCCCC[C@H]1OC[C@@H](C)NC(=O)[C@H](CCC(=O)[C@H](N)CN)NC(=O)[C@H](CN)NC(=O)[C@H](C2CCCCC2)NC(=O)[C@H](CC(C)C)N(C)C(=O)[C@@H]1C. The van der Waals surface area contributed by atoms with E-state index >= 15 is 0 Å². The number of likely N-dealkylation sites (N-methyl/N-ethyl adjacent to an activating group) is 1. The number of hydrogen-bond acceptors (Lipinski definition) is 10. The minimum absolute atomic E-state index is 0.0602. The van der Waals surface area contributed by atoms with Gasteiger partial charge in [-0.1, -0.05) is 72.6 Å². The Balaban J connectivity index is 2.57. The van der Waals surface area contributed by atoms with Crippen molar-refractivity contribution in [3.8, 4) is 0 Å². The maximum Gasteiger partial charge on any atom is 0.244 e. The Kier molecular flexibility index (Phi) is 20.5. The van der Waals surface area contributed by atoms with E-state index in [0.717, 1.165) is 44.9 Å². The zero-order valence-corrected chi connectivity index (χ0v) is 33.1. The fraction of sp³-hybridized carbons (Fsp3) is 0.842. The predicted molar refractivity (Wildman–Crippen MR) is 204 cm³/mol. The monoisotopic (exact) mass is 751 g/mol. The minimum Gasteiger partial charge on any atom is -0.375 e. The van der Waals surface area contributed by atoms with Crippen LogP contribution in [0.3, 0.4) is 0 Å². The van der Waals surface area contributed by atoms with Gasteiger partial charge in [0, 0.05) is 32.6 Å². The number of carbonyl (C=O) groups excluding carboxylic acids is 6. The van der Waals surface area contributed by atoms with Gasteiger partial charge in [-0.2, -0.15) is 0 Å². The second-order valence-electron chi connectivity index (χ2n) is 15.6. The molecule has 304 valence electrons.